The van der Waals surface area contributed by atoms with Crippen LogP contribution in [-0.2, 0) is 4.79 Å². The normalized spacial score (nSPS) is 13.6. The molecule has 0 bridgehead atoms. The minimum atomic E-state index is -0.800. The number of benzene rings is 1. The molecule has 0 fully saturated rings. The van der Waals surface area contributed by atoms with Gasteiger partial charge in [0.05, 0.1) is 6.42 Å². The van der Waals surface area contributed by atoms with Crippen LogP contribution in [0.25, 0.3) is 11.1 Å². The molecule has 1 unspecified atom stereocenters. The van der Waals surface area contributed by atoms with E-state index in [0.717, 1.165) is 11.1 Å². The first-order chi connectivity index (χ1) is 8.94. The van der Waals surface area contributed by atoms with Gasteiger partial charge >= 0.3 is 5.97 Å². The molecule has 102 valence electrons. The lowest BCUT2D eigenvalue weighted by molar-refractivity contribution is -0.139. The van der Waals surface area contributed by atoms with Crippen LogP contribution in [0.15, 0.2) is 29.0 Å². The summed E-state index contributed by atoms with van der Waals surface area (Å²) in [6, 6.07) is 5.68. The molecule has 0 spiro atoms. The van der Waals surface area contributed by atoms with Crippen LogP contribution in [0.2, 0.25) is 0 Å². The molecule has 19 heavy (non-hydrogen) atoms. The minimum Gasteiger partial charge on any atom is -0.481 e. The molecule has 0 aliphatic carbocycles. The molecule has 1 atom stereocenters. The van der Waals surface area contributed by atoms with Crippen LogP contribution >= 0.6 is 0 Å². The van der Waals surface area contributed by atoms with Crippen molar-refractivity contribution in [3.63, 3.8) is 0 Å². The van der Waals surface area contributed by atoms with Gasteiger partial charge in [-0.25, -0.2) is 4.98 Å². The van der Waals surface area contributed by atoms with Crippen molar-refractivity contribution in [1.29, 1.82) is 0 Å². The molecular weight excluding hydrogens is 244 g/mol. The van der Waals surface area contributed by atoms with Crippen molar-refractivity contribution in [2.75, 3.05) is 7.05 Å². The molecule has 0 aliphatic heterocycles. The predicted molar refractivity (Wildman–Crippen MR) is 71.8 cm³/mol. The second-order valence-corrected chi connectivity index (χ2v) is 5.36. The zero-order valence-electron chi connectivity index (χ0n) is 11.3. The first-order valence-electron chi connectivity index (χ1n) is 6.16. The Bertz CT molecular complexity index is 589. The number of hydrogen-bond acceptors (Lipinski definition) is 4. The lowest BCUT2D eigenvalue weighted by atomic mass is 9.78. The maximum absolute atomic E-state index is 11.0. The first kappa shape index (κ1) is 13.5. The molecule has 0 aliphatic rings. The summed E-state index contributed by atoms with van der Waals surface area (Å²) in [7, 11) is 1.83. The fourth-order valence-electron chi connectivity index (χ4n) is 2.55. The van der Waals surface area contributed by atoms with Gasteiger partial charge in [-0.3, -0.25) is 4.79 Å². The minimum absolute atomic E-state index is 0.0712. The van der Waals surface area contributed by atoms with E-state index in [0.29, 0.717) is 5.58 Å². The highest BCUT2D eigenvalue weighted by molar-refractivity contribution is 5.73. The molecule has 5 heteroatoms. The van der Waals surface area contributed by atoms with E-state index in [9.17, 15) is 4.79 Å². The standard InChI is InChI=1S/C14H18N2O3/c1-14(2,7-12(17)18)13(15-3)9-4-5-10-11(6-9)19-8-16-10/h4-6,8,13,15H,7H2,1-3H3,(H,17,18). The van der Waals surface area contributed by atoms with Gasteiger partial charge < -0.3 is 14.8 Å². The molecule has 1 aromatic heterocycles. The van der Waals surface area contributed by atoms with Gasteiger partial charge in [-0.05, 0) is 30.2 Å². The third-order valence-electron chi connectivity index (χ3n) is 3.37. The molecule has 2 aromatic rings. The topological polar surface area (TPSA) is 75.4 Å². The Morgan fingerprint density at radius 2 is 2.26 bits per heavy atom. The number of fused-ring (bicyclic) bond motifs is 1. The van der Waals surface area contributed by atoms with E-state index >= 15 is 0 Å². The highest BCUT2D eigenvalue weighted by Gasteiger charge is 2.32. The summed E-state index contributed by atoms with van der Waals surface area (Å²) >= 11 is 0. The summed E-state index contributed by atoms with van der Waals surface area (Å²) < 4.78 is 5.29. The van der Waals surface area contributed by atoms with Gasteiger partial charge in [0.1, 0.15) is 5.52 Å². The SMILES string of the molecule is CNC(c1ccc2ncoc2c1)C(C)(C)CC(=O)O. The highest BCUT2D eigenvalue weighted by atomic mass is 16.4. The number of hydrogen-bond donors (Lipinski definition) is 2. The summed E-state index contributed by atoms with van der Waals surface area (Å²) in [5, 5.41) is 12.2. The van der Waals surface area contributed by atoms with Crippen LogP contribution in [0.3, 0.4) is 0 Å². The number of carboxylic acid groups (broad SMARTS) is 1. The van der Waals surface area contributed by atoms with Gasteiger partial charge in [-0.2, -0.15) is 0 Å². The van der Waals surface area contributed by atoms with Crippen LogP contribution in [0, 0.1) is 5.41 Å². The summed E-state index contributed by atoms with van der Waals surface area (Å²) in [6.07, 6.45) is 1.50. The largest absolute Gasteiger partial charge is 0.481 e. The van der Waals surface area contributed by atoms with Crippen LogP contribution in [0.1, 0.15) is 31.9 Å². The number of oxazole rings is 1. The fraction of sp³-hybridized carbons (Fsp3) is 0.429. The second kappa shape index (κ2) is 5.01. The van der Waals surface area contributed by atoms with Gasteiger partial charge in [0.25, 0.3) is 0 Å². The highest BCUT2D eigenvalue weighted by Crippen LogP contribution is 2.37. The van der Waals surface area contributed by atoms with E-state index in [1.165, 1.54) is 6.39 Å². The molecule has 5 nitrogen and oxygen atoms in total. The van der Waals surface area contributed by atoms with E-state index in [1.807, 2.05) is 39.1 Å². The zero-order valence-corrected chi connectivity index (χ0v) is 11.3. The Hall–Kier alpha value is -1.88. The Morgan fingerprint density at radius 1 is 1.53 bits per heavy atom. The van der Waals surface area contributed by atoms with E-state index in [-0.39, 0.29) is 12.5 Å². The average molecular weight is 262 g/mol. The smallest absolute Gasteiger partial charge is 0.303 e. The van der Waals surface area contributed by atoms with Crippen molar-refractivity contribution >= 4 is 17.1 Å². The molecule has 0 saturated carbocycles. The zero-order chi connectivity index (χ0) is 14.0. The molecule has 2 N–H and O–H groups in total. The van der Waals surface area contributed by atoms with Gasteiger partial charge in [0.2, 0.25) is 0 Å². The Balaban J connectivity index is 2.37. The predicted octanol–water partition coefficient (Wildman–Crippen LogP) is 2.59. The van der Waals surface area contributed by atoms with E-state index in [4.69, 9.17) is 9.52 Å². The van der Waals surface area contributed by atoms with Gasteiger partial charge in [-0.15, -0.1) is 0 Å². The number of rotatable bonds is 5. The molecular formula is C14H18N2O3. The summed E-state index contributed by atoms with van der Waals surface area (Å²) in [5.74, 6) is -0.800. The third kappa shape index (κ3) is 2.76. The van der Waals surface area contributed by atoms with Crippen LogP contribution in [0.4, 0.5) is 0 Å². The van der Waals surface area contributed by atoms with Crippen LogP contribution in [-0.4, -0.2) is 23.1 Å². The van der Waals surface area contributed by atoms with Crippen LogP contribution in [0.5, 0.6) is 0 Å². The lowest BCUT2D eigenvalue weighted by Crippen LogP contribution is -2.33. The van der Waals surface area contributed by atoms with Crippen molar-refractivity contribution in [3.05, 3.63) is 30.2 Å². The maximum atomic E-state index is 11.0. The first-order valence-corrected chi connectivity index (χ1v) is 6.16. The van der Waals surface area contributed by atoms with Gasteiger partial charge in [0, 0.05) is 6.04 Å². The lowest BCUT2D eigenvalue weighted by Gasteiger charge is -2.33. The average Bonchev–Trinajstić information content (AvgIpc) is 2.74. The molecule has 1 aromatic carbocycles. The number of aromatic nitrogens is 1. The molecule has 0 saturated heterocycles. The molecule has 0 amide bonds. The van der Waals surface area contributed by atoms with Crippen molar-refractivity contribution in [2.45, 2.75) is 26.3 Å². The summed E-state index contributed by atoms with van der Waals surface area (Å²) in [5.41, 5.74) is 2.10. The number of nitrogens with zero attached hydrogens (tertiary/aromatic N) is 1. The number of carbonyl (C=O) groups is 1. The monoisotopic (exact) mass is 262 g/mol. The van der Waals surface area contributed by atoms with Crippen molar-refractivity contribution in [1.82, 2.24) is 10.3 Å². The quantitative estimate of drug-likeness (QED) is 0.866. The third-order valence-corrected chi connectivity index (χ3v) is 3.37. The second-order valence-electron chi connectivity index (χ2n) is 5.36. The number of nitrogens with one attached hydrogen (secondary N) is 1. The van der Waals surface area contributed by atoms with Crippen molar-refractivity contribution in [2.24, 2.45) is 5.41 Å². The van der Waals surface area contributed by atoms with Crippen LogP contribution < -0.4 is 5.32 Å². The number of aliphatic carboxylic acids is 1. The Morgan fingerprint density at radius 3 is 2.89 bits per heavy atom. The molecule has 1 heterocycles. The summed E-state index contributed by atoms with van der Waals surface area (Å²) in [4.78, 5) is 15.1. The Labute approximate surface area is 111 Å². The molecule has 0 radical (unpaired) electrons. The van der Waals surface area contributed by atoms with Gasteiger partial charge in [-0.1, -0.05) is 19.9 Å². The fourth-order valence-corrected chi connectivity index (χ4v) is 2.55. The summed E-state index contributed by atoms with van der Waals surface area (Å²) in [6.45, 7) is 3.87. The van der Waals surface area contributed by atoms with E-state index < -0.39 is 11.4 Å². The Kier molecular flexibility index (Phi) is 3.57. The van der Waals surface area contributed by atoms with Crippen molar-refractivity contribution in [3.8, 4) is 0 Å². The number of carboxylic acids is 1. The van der Waals surface area contributed by atoms with Crippen molar-refractivity contribution < 1.29 is 14.3 Å². The van der Waals surface area contributed by atoms with Gasteiger partial charge in [0.15, 0.2) is 12.0 Å². The maximum Gasteiger partial charge on any atom is 0.303 e. The van der Waals surface area contributed by atoms with E-state index in [1.54, 1.807) is 0 Å². The van der Waals surface area contributed by atoms with E-state index in [2.05, 4.69) is 10.3 Å². The molecule has 2 rings (SSSR count).